The van der Waals surface area contributed by atoms with Crippen molar-refractivity contribution in [3.8, 4) is 0 Å². The van der Waals surface area contributed by atoms with Crippen molar-refractivity contribution in [1.82, 2.24) is 20.1 Å². The van der Waals surface area contributed by atoms with Crippen molar-refractivity contribution in [2.24, 2.45) is 10.9 Å². The summed E-state index contributed by atoms with van der Waals surface area (Å²) in [4.78, 5) is 17.3. The second-order valence-electron chi connectivity index (χ2n) is 8.41. The topological polar surface area (TPSA) is 47.0 Å². The molecular formula is C21H36N6S. The number of guanidine groups is 1. The van der Waals surface area contributed by atoms with Gasteiger partial charge in [0.25, 0.3) is 0 Å². The van der Waals surface area contributed by atoms with Gasteiger partial charge in [0, 0.05) is 57.6 Å². The maximum absolute atomic E-state index is 4.93. The van der Waals surface area contributed by atoms with Crippen LogP contribution in [-0.4, -0.2) is 79.6 Å². The van der Waals surface area contributed by atoms with Crippen LogP contribution in [0.4, 0.5) is 5.13 Å². The third kappa shape index (κ3) is 5.17. The summed E-state index contributed by atoms with van der Waals surface area (Å²) < 4.78 is 0. The molecule has 3 saturated heterocycles. The van der Waals surface area contributed by atoms with E-state index < -0.39 is 0 Å². The quantitative estimate of drug-likeness (QED) is 0.559. The molecule has 0 aromatic carbocycles. The lowest BCUT2D eigenvalue weighted by molar-refractivity contribution is 0.281. The first-order valence-corrected chi connectivity index (χ1v) is 12.1. The Morgan fingerprint density at radius 3 is 2.75 bits per heavy atom. The molecule has 3 aliphatic rings. The zero-order chi connectivity index (χ0) is 19.2. The second-order valence-corrected chi connectivity index (χ2v) is 9.25. The van der Waals surface area contributed by atoms with Crippen LogP contribution in [0.3, 0.4) is 0 Å². The number of anilines is 1. The highest BCUT2D eigenvalue weighted by atomic mass is 32.1. The molecule has 3 aliphatic heterocycles. The lowest BCUT2D eigenvalue weighted by Gasteiger charge is -2.23. The van der Waals surface area contributed by atoms with E-state index in [0.29, 0.717) is 0 Å². The van der Waals surface area contributed by atoms with Gasteiger partial charge in [-0.05, 0) is 58.0 Å². The van der Waals surface area contributed by atoms with Crippen LogP contribution in [0.2, 0.25) is 0 Å². The van der Waals surface area contributed by atoms with Gasteiger partial charge in [0.2, 0.25) is 0 Å². The number of rotatable bonds is 7. The number of nitrogens with zero attached hydrogens (tertiary/aromatic N) is 5. The molecule has 0 amide bonds. The van der Waals surface area contributed by atoms with Gasteiger partial charge < -0.3 is 20.0 Å². The first-order valence-electron chi connectivity index (χ1n) is 11.3. The molecule has 4 heterocycles. The summed E-state index contributed by atoms with van der Waals surface area (Å²) >= 11 is 1.79. The largest absolute Gasteiger partial charge is 0.357 e. The molecule has 0 radical (unpaired) electrons. The van der Waals surface area contributed by atoms with Crippen LogP contribution in [-0.2, 0) is 6.42 Å². The first kappa shape index (κ1) is 20.0. The lowest BCUT2D eigenvalue weighted by Crippen LogP contribution is -2.41. The predicted molar refractivity (Wildman–Crippen MR) is 119 cm³/mol. The maximum Gasteiger partial charge on any atom is 0.193 e. The van der Waals surface area contributed by atoms with Crippen molar-refractivity contribution in [2.75, 3.05) is 63.8 Å². The average molecular weight is 405 g/mol. The highest BCUT2D eigenvalue weighted by molar-refractivity contribution is 7.13. The fraction of sp³-hybridized carbons (Fsp3) is 0.810. The van der Waals surface area contributed by atoms with Gasteiger partial charge in [-0.2, -0.15) is 0 Å². The van der Waals surface area contributed by atoms with E-state index in [0.717, 1.165) is 44.5 Å². The van der Waals surface area contributed by atoms with Crippen LogP contribution in [0.25, 0.3) is 0 Å². The van der Waals surface area contributed by atoms with Crippen molar-refractivity contribution >= 4 is 22.4 Å². The fourth-order valence-corrected chi connectivity index (χ4v) is 5.58. The molecule has 0 saturated carbocycles. The monoisotopic (exact) mass is 404 g/mol. The Bertz CT molecular complexity index is 633. The summed E-state index contributed by atoms with van der Waals surface area (Å²) in [5.74, 6) is 1.89. The minimum atomic E-state index is 0.795. The molecule has 3 fully saturated rings. The van der Waals surface area contributed by atoms with E-state index in [4.69, 9.17) is 9.98 Å². The summed E-state index contributed by atoms with van der Waals surface area (Å²) in [5, 5.41) is 6.93. The SMILES string of the molecule is CCNC(=NCCc1csc(N2CCCC2)n1)N1CCC(CN2CCCC2)C1. The molecule has 1 aromatic heterocycles. The van der Waals surface area contributed by atoms with Gasteiger partial charge in [-0.15, -0.1) is 11.3 Å². The third-order valence-corrected chi connectivity index (χ3v) is 7.13. The smallest absolute Gasteiger partial charge is 0.193 e. The van der Waals surface area contributed by atoms with Crippen LogP contribution < -0.4 is 10.2 Å². The molecule has 156 valence electrons. The van der Waals surface area contributed by atoms with Crippen LogP contribution in [0, 0.1) is 5.92 Å². The molecular weight excluding hydrogens is 368 g/mol. The van der Waals surface area contributed by atoms with Crippen molar-refractivity contribution in [2.45, 2.75) is 45.4 Å². The van der Waals surface area contributed by atoms with Gasteiger partial charge >= 0.3 is 0 Å². The summed E-state index contributed by atoms with van der Waals surface area (Å²) in [7, 11) is 0. The number of hydrogen-bond donors (Lipinski definition) is 1. The van der Waals surface area contributed by atoms with Gasteiger partial charge in [-0.3, -0.25) is 4.99 Å². The minimum Gasteiger partial charge on any atom is -0.357 e. The summed E-state index contributed by atoms with van der Waals surface area (Å²) in [6.07, 6.45) is 7.61. The number of nitrogens with one attached hydrogen (secondary N) is 1. The maximum atomic E-state index is 4.93. The van der Waals surface area contributed by atoms with Crippen LogP contribution in [0.15, 0.2) is 10.4 Å². The Hall–Kier alpha value is -1.34. The minimum absolute atomic E-state index is 0.795. The summed E-state index contributed by atoms with van der Waals surface area (Å²) in [6, 6.07) is 0. The predicted octanol–water partition coefficient (Wildman–Crippen LogP) is 2.67. The van der Waals surface area contributed by atoms with E-state index in [1.807, 2.05) is 0 Å². The molecule has 6 nitrogen and oxygen atoms in total. The number of aromatic nitrogens is 1. The molecule has 1 N–H and O–H groups in total. The van der Waals surface area contributed by atoms with Crippen LogP contribution in [0.5, 0.6) is 0 Å². The standard InChI is InChI=1S/C21H36N6S/c1-2-22-20(27-14-8-18(16-27)15-25-10-3-4-11-25)23-9-7-19-17-28-21(24-19)26-12-5-6-13-26/h17-18H,2-16H2,1H3,(H,22,23). The summed E-state index contributed by atoms with van der Waals surface area (Å²) in [6.45, 7) is 12.4. The Morgan fingerprint density at radius 1 is 1.18 bits per heavy atom. The average Bonchev–Trinajstić information content (AvgIpc) is 3.48. The van der Waals surface area contributed by atoms with Gasteiger partial charge in [0.15, 0.2) is 11.1 Å². The lowest BCUT2D eigenvalue weighted by atomic mass is 10.1. The van der Waals surface area contributed by atoms with Gasteiger partial charge in [-0.25, -0.2) is 4.98 Å². The Morgan fingerprint density at radius 2 is 1.96 bits per heavy atom. The summed E-state index contributed by atoms with van der Waals surface area (Å²) in [5.41, 5.74) is 1.19. The molecule has 1 atom stereocenters. The zero-order valence-electron chi connectivity index (χ0n) is 17.4. The number of hydrogen-bond acceptors (Lipinski definition) is 5. The molecule has 28 heavy (non-hydrogen) atoms. The zero-order valence-corrected chi connectivity index (χ0v) is 18.2. The van der Waals surface area contributed by atoms with Gasteiger partial charge in [-0.1, -0.05) is 0 Å². The van der Waals surface area contributed by atoms with E-state index >= 15 is 0 Å². The van der Waals surface area contributed by atoms with E-state index in [-0.39, 0.29) is 0 Å². The van der Waals surface area contributed by atoms with Gasteiger partial charge in [0.1, 0.15) is 0 Å². The highest BCUT2D eigenvalue weighted by Gasteiger charge is 2.27. The van der Waals surface area contributed by atoms with Crippen molar-refractivity contribution < 1.29 is 0 Å². The molecule has 4 rings (SSSR count). The fourth-order valence-electron chi connectivity index (χ4n) is 4.67. The molecule has 7 heteroatoms. The second kappa shape index (κ2) is 9.92. The van der Waals surface area contributed by atoms with Crippen molar-refractivity contribution in [1.29, 1.82) is 0 Å². The molecule has 0 aliphatic carbocycles. The van der Waals surface area contributed by atoms with Crippen molar-refractivity contribution in [3.63, 3.8) is 0 Å². The highest BCUT2D eigenvalue weighted by Crippen LogP contribution is 2.24. The van der Waals surface area contributed by atoms with Crippen LogP contribution in [0.1, 0.15) is 44.7 Å². The number of aliphatic imine (C=N–C) groups is 1. The Labute approximate surface area is 174 Å². The van der Waals surface area contributed by atoms with E-state index in [1.54, 1.807) is 11.3 Å². The Kier molecular flexibility index (Phi) is 7.07. The van der Waals surface area contributed by atoms with E-state index in [1.165, 1.54) is 75.7 Å². The third-order valence-electron chi connectivity index (χ3n) is 6.18. The number of likely N-dealkylation sites (tertiary alicyclic amines) is 2. The first-order chi connectivity index (χ1) is 13.8. The van der Waals surface area contributed by atoms with E-state index in [2.05, 4.69) is 32.3 Å². The molecule has 0 spiro atoms. The number of thiazole rings is 1. The Balaban J connectivity index is 1.27. The normalized spacial score (nSPS) is 23.9. The van der Waals surface area contributed by atoms with Crippen molar-refractivity contribution in [3.05, 3.63) is 11.1 Å². The van der Waals surface area contributed by atoms with Gasteiger partial charge in [0.05, 0.1) is 5.69 Å². The molecule has 1 unspecified atom stereocenters. The molecule has 0 bridgehead atoms. The van der Waals surface area contributed by atoms with E-state index in [9.17, 15) is 0 Å². The van der Waals surface area contributed by atoms with Crippen LogP contribution >= 0.6 is 11.3 Å². The molecule has 1 aromatic rings.